The number of carbonyl (C=O) groups excluding carboxylic acids is 1. The molecule has 1 amide bonds. The van der Waals surface area contributed by atoms with Crippen molar-refractivity contribution < 1.29 is 4.79 Å². The Bertz CT molecular complexity index is 881. The quantitative estimate of drug-likeness (QED) is 0.660. The van der Waals surface area contributed by atoms with Gasteiger partial charge >= 0.3 is 0 Å². The van der Waals surface area contributed by atoms with Gasteiger partial charge in [-0.2, -0.15) is 0 Å². The van der Waals surface area contributed by atoms with Crippen LogP contribution in [0.1, 0.15) is 37.7 Å². The Balaban J connectivity index is 1.82. The first-order valence-electron chi connectivity index (χ1n) is 9.69. The third-order valence-electron chi connectivity index (χ3n) is 4.42. The summed E-state index contributed by atoms with van der Waals surface area (Å²) in [5.41, 5.74) is 2.42. The van der Waals surface area contributed by atoms with Gasteiger partial charge in [0, 0.05) is 49.2 Å². The molecule has 0 aromatic carbocycles. The number of rotatable bonds is 7. The van der Waals surface area contributed by atoms with Crippen LogP contribution in [0.15, 0.2) is 67.1 Å². The van der Waals surface area contributed by atoms with Crippen molar-refractivity contribution in [1.82, 2.24) is 19.9 Å². The fourth-order valence-corrected chi connectivity index (χ4v) is 2.82. The van der Waals surface area contributed by atoms with Crippen molar-refractivity contribution >= 4 is 11.7 Å². The number of nitrogens with one attached hydrogen (secondary N) is 1. The van der Waals surface area contributed by atoms with Gasteiger partial charge in [-0.05, 0) is 30.3 Å². The number of hydrogen-bond acceptors (Lipinski definition) is 5. The van der Waals surface area contributed by atoms with Gasteiger partial charge in [0.2, 0.25) is 5.91 Å². The minimum atomic E-state index is -0.490. The molecule has 3 rings (SSSR count). The molecule has 0 atom stereocenters. The highest BCUT2D eigenvalue weighted by Gasteiger charge is 2.23. The summed E-state index contributed by atoms with van der Waals surface area (Å²) in [5.74, 6) is 0.540. The molecule has 0 bridgehead atoms. The zero-order valence-corrected chi connectivity index (χ0v) is 17.2. The van der Waals surface area contributed by atoms with Crippen LogP contribution < -0.4 is 5.32 Å². The van der Waals surface area contributed by atoms with Crippen LogP contribution in [0.2, 0.25) is 0 Å². The molecule has 0 spiro atoms. The van der Waals surface area contributed by atoms with Crippen LogP contribution in [0.3, 0.4) is 0 Å². The Hall–Kier alpha value is -3.12. The first-order valence-corrected chi connectivity index (χ1v) is 9.69. The summed E-state index contributed by atoms with van der Waals surface area (Å²) >= 11 is 0. The molecule has 6 heteroatoms. The molecule has 3 aromatic rings. The fourth-order valence-electron chi connectivity index (χ4n) is 2.82. The molecular weight excluding hydrogens is 362 g/mol. The van der Waals surface area contributed by atoms with Gasteiger partial charge in [0.15, 0.2) is 0 Å². The topological polar surface area (TPSA) is 71.0 Å². The summed E-state index contributed by atoms with van der Waals surface area (Å²) in [4.78, 5) is 28.0. The van der Waals surface area contributed by atoms with Crippen molar-refractivity contribution in [2.75, 3.05) is 5.32 Å². The van der Waals surface area contributed by atoms with Crippen molar-refractivity contribution in [2.24, 2.45) is 5.41 Å². The fraction of sp³-hybridized carbons (Fsp3) is 0.304. The Morgan fingerprint density at radius 2 is 1.41 bits per heavy atom. The van der Waals surface area contributed by atoms with Gasteiger partial charge < -0.3 is 5.32 Å². The van der Waals surface area contributed by atoms with E-state index in [4.69, 9.17) is 0 Å². The average molecular weight is 390 g/mol. The molecule has 6 nitrogen and oxygen atoms in total. The molecule has 0 saturated heterocycles. The molecule has 3 aromatic heterocycles. The molecule has 150 valence electrons. The molecule has 0 unspecified atom stereocenters. The Labute approximate surface area is 172 Å². The molecule has 0 radical (unpaired) electrons. The smallest absolute Gasteiger partial charge is 0.230 e. The van der Waals surface area contributed by atoms with Crippen LogP contribution in [0.4, 0.5) is 5.82 Å². The van der Waals surface area contributed by atoms with Crippen molar-refractivity contribution in [1.29, 1.82) is 0 Å². The van der Waals surface area contributed by atoms with Gasteiger partial charge in [-0.15, -0.1) is 0 Å². The number of amides is 1. The van der Waals surface area contributed by atoms with Crippen molar-refractivity contribution in [3.63, 3.8) is 0 Å². The number of aromatic nitrogens is 3. The van der Waals surface area contributed by atoms with Gasteiger partial charge in [-0.3, -0.25) is 19.7 Å². The SMILES string of the molecule is CC(C)(C)C(=O)Nc1ncccc1CN(Cc1ccccn1)Cc1ccccn1. The van der Waals surface area contributed by atoms with Crippen molar-refractivity contribution in [3.05, 3.63) is 84.1 Å². The second kappa shape index (κ2) is 9.39. The van der Waals surface area contributed by atoms with E-state index in [1.165, 1.54) is 0 Å². The van der Waals surface area contributed by atoms with E-state index < -0.39 is 5.41 Å². The summed E-state index contributed by atoms with van der Waals surface area (Å²) in [6, 6.07) is 15.7. The molecular formula is C23H27N5O. The van der Waals surface area contributed by atoms with E-state index in [0.29, 0.717) is 25.5 Å². The summed E-state index contributed by atoms with van der Waals surface area (Å²) in [5, 5.41) is 2.98. The lowest BCUT2D eigenvalue weighted by Gasteiger charge is -2.24. The van der Waals surface area contributed by atoms with Crippen molar-refractivity contribution in [3.8, 4) is 0 Å². The van der Waals surface area contributed by atoms with Crippen LogP contribution in [0.5, 0.6) is 0 Å². The zero-order chi connectivity index (χ0) is 20.7. The van der Waals surface area contributed by atoms with E-state index >= 15 is 0 Å². The molecule has 3 heterocycles. The van der Waals surface area contributed by atoms with E-state index in [2.05, 4.69) is 25.2 Å². The molecule has 0 saturated carbocycles. The van der Waals surface area contributed by atoms with Crippen LogP contribution in [-0.4, -0.2) is 25.8 Å². The van der Waals surface area contributed by atoms with Gasteiger partial charge in [-0.1, -0.05) is 39.0 Å². The molecule has 29 heavy (non-hydrogen) atoms. The Kier molecular flexibility index (Phi) is 6.67. The maximum absolute atomic E-state index is 12.5. The van der Waals surface area contributed by atoms with Crippen LogP contribution in [-0.2, 0) is 24.4 Å². The first kappa shape index (κ1) is 20.6. The maximum Gasteiger partial charge on any atom is 0.230 e. The largest absolute Gasteiger partial charge is 0.310 e. The highest BCUT2D eigenvalue weighted by Crippen LogP contribution is 2.21. The molecule has 0 aliphatic rings. The summed E-state index contributed by atoms with van der Waals surface area (Å²) in [6.07, 6.45) is 5.30. The van der Waals surface area contributed by atoms with Crippen LogP contribution in [0.25, 0.3) is 0 Å². The number of hydrogen-bond donors (Lipinski definition) is 1. The standard InChI is InChI=1S/C23H27N5O/c1-23(2,3)22(29)27-21-18(9-8-14-26-21)15-28(16-19-10-4-6-12-24-19)17-20-11-5-7-13-25-20/h4-14H,15-17H2,1-3H3,(H,26,27,29). The first-order chi connectivity index (χ1) is 13.9. The lowest BCUT2D eigenvalue weighted by atomic mass is 9.95. The lowest BCUT2D eigenvalue weighted by molar-refractivity contribution is -0.123. The number of pyridine rings is 3. The predicted octanol–water partition coefficient (Wildman–Crippen LogP) is 4.06. The van der Waals surface area contributed by atoms with Gasteiger partial charge in [0.05, 0.1) is 11.4 Å². The third kappa shape index (κ3) is 6.19. The number of anilines is 1. The van der Waals surface area contributed by atoms with E-state index in [-0.39, 0.29) is 5.91 Å². The minimum absolute atomic E-state index is 0.0570. The highest BCUT2D eigenvalue weighted by atomic mass is 16.2. The van der Waals surface area contributed by atoms with Gasteiger partial charge in [-0.25, -0.2) is 4.98 Å². The molecule has 0 aliphatic carbocycles. The average Bonchev–Trinajstić information content (AvgIpc) is 2.70. The second-order valence-electron chi connectivity index (χ2n) is 8.00. The van der Waals surface area contributed by atoms with E-state index in [1.54, 1.807) is 18.6 Å². The summed E-state index contributed by atoms with van der Waals surface area (Å²) < 4.78 is 0. The predicted molar refractivity (Wildman–Crippen MR) is 114 cm³/mol. The van der Waals surface area contributed by atoms with Crippen LogP contribution >= 0.6 is 0 Å². The van der Waals surface area contributed by atoms with E-state index in [9.17, 15) is 4.79 Å². The van der Waals surface area contributed by atoms with E-state index in [1.807, 2.05) is 69.3 Å². The lowest BCUT2D eigenvalue weighted by Crippen LogP contribution is -2.29. The normalized spacial score (nSPS) is 11.4. The second-order valence-corrected chi connectivity index (χ2v) is 8.00. The maximum atomic E-state index is 12.5. The third-order valence-corrected chi connectivity index (χ3v) is 4.42. The summed E-state index contributed by atoms with van der Waals surface area (Å²) in [6.45, 7) is 7.61. The minimum Gasteiger partial charge on any atom is -0.310 e. The monoisotopic (exact) mass is 389 g/mol. The number of nitrogens with zero attached hydrogens (tertiary/aromatic N) is 4. The van der Waals surface area contributed by atoms with Crippen LogP contribution in [0, 0.1) is 5.41 Å². The number of carbonyl (C=O) groups is 1. The molecule has 1 N–H and O–H groups in total. The molecule has 0 aliphatic heterocycles. The Morgan fingerprint density at radius 3 is 1.93 bits per heavy atom. The Morgan fingerprint density at radius 1 is 0.828 bits per heavy atom. The highest BCUT2D eigenvalue weighted by molar-refractivity contribution is 5.94. The van der Waals surface area contributed by atoms with Crippen molar-refractivity contribution in [2.45, 2.75) is 40.4 Å². The van der Waals surface area contributed by atoms with E-state index in [0.717, 1.165) is 17.0 Å². The summed E-state index contributed by atoms with van der Waals surface area (Å²) in [7, 11) is 0. The molecule has 0 fully saturated rings. The zero-order valence-electron chi connectivity index (χ0n) is 17.2. The van der Waals surface area contributed by atoms with Gasteiger partial charge in [0.25, 0.3) is 0 Å². The van der Waals surface area contributed by atoms with Gasteiger partial charge in [0.1, 0.15) is 5.82 Å².